The standard InChI is InChI=1S/C18H16N2O6S2/c21-11-12-27(22,23)18-8-4-3-7-17(18)19-20-26-28(24,25)16-10-9-14-5-1-2-6-15(14)13-16/h1-10,13,21H,11-12H2. The Kier molecular flexibility index (Phi) is 5.73. The Balaban J connectivity index is 1.86. The lowest BCUT2D eigenvalue weighted by molar-refractivity contribution is 0.313. The molecule has 3 aromatic carbocycles. The molecule has 0 fully saturated rings. The maximum atomic E-state index is 12.3. The van der Waals surface area contributed by atoms with E-state index >= 15 is 0 Å². The lowest BCUT2D eigenvalue weighted by Gasteiger charge is -2.05. The molecule has 0 aromatic heterocycles. The maximum absolute atomic E-state index is 12.3. The van der Waals surface area contributed by atoms with Gasteiger partial charge in [0.05, 0.1) is 17.3 Å². The smallest absolute Gasteiger partial charge is 0.359 e. The highest BCUT2D eigenvalue weighted by Crippen LogP contribution is 2.26. The minimum Gasteiger partial charge on any atom is -0.395 e. The number of rotatable bonds is 7. The maximum Gasteiger partial charge on any atom is 0.359 e. The fourth-order valence-electron chi connectivity index (χ4n) is 2.50. The lowest BCUT2D eigenvalue weighted by Crippen LogP contribution is -2.10. The van der Waals surface area contributed by atoms with Gasteiger partial charge in [0.25, 0.3) is 0 Å². The highest BCUT2D eigenvalue weighted by atomic mass is 32.2. The minimum atomic E-state index is -4.23. The van der Waals surface area contributed by atoms with Crippen molar-refractivity contribution in [2.75, 3.05) is 12.4 Å². The summed E-state index contributed by atoms with van der Waals surface area (Å²) in [6.07, 6.45) is 0. The van der Waals surface area contributed by atoms with Crippen LogP contribution in [-0.2, 0) is 24.2 Å². The van der Waals surface area contributed by atoms with Crippen molar-refractivity contribution in [1.82, 2.24) is 0 Å². The van der Waals surface area contributed by atoms with Crippen LogP contribution in [0.25, 0.3) is 10.8 Å². The van der Waals surface area contributed by atoms with E-state index in [4.69, 9.17) is 5.11 Å². The molecule has 0 heterocycles. The second-order valence-corrected chi connectivity index (χ2v) is 9.34. The van der Waals surface area contributed by atoms with Gasteiger partial charge in [-0.3, -0.25) is 0 Å². The molecule has 3 aromatic rings. The number of aliphatic hydroxyl groups is 1. The van der Waals surface area contributed by atoms with Crippen molar-refractivity contribution >= 4 is 36.4 Å². The van der Waals surface area contributed by atoms with Crippen molar-refractivity contribution in [2.45, 2.75) is 9.79 Å². The van der Waals surface area contributed by atoms with E-state index < -0.39 is 32.3 Å². The molecular weight excluding hydrogens is 404 g/mol. The van der Waals surface area contributed by atoms with E-state index in [9.17, 15) is 16.8 Å². The molecule has 0 saturated heterocycles. The molecule has 0 spiro atoms. The van der Waals surface area contributed by atoms with Gasteiger partial charge in [0, 0.05) is 5.28 Å². The highest BCUT2D eigenvalue weighted by molar-refractivity contribution is 7.91. The van der Waals surface area contributed by atoms with Crippen LogP contribution in [0.5, 0.6) is 0 Å². The van der Waals surface area contributed by atoms with Gasteiger partial charge in [-0.15, -0.1) is 5.11 Å². The van der Waals surface area contributed by atoms with Gasteiger partial charge in [0.15, 0.2) is 9.84 Å². The minimum absolute atomic E-state index is 0.0929. The van der Waals surface area contributed by atoms with Gasteiger partial charge in [-0.1, -0.05) is 42.5 Å². The van der Waals surface area contributed by atoms with Gasteiger partial charge in [0.1, 0.15) is 10.6 Å². The summed E-state index contributed by atoms with van der Waals surface area (Å²) in [5, 5.41) is 17.3. The molecular formula is C18H16N2O6S2. The molecule has 0 aliphatic heterocycles. The van der Waals surface area contributed by atoms with Crippen LogP contribution < -0.4 is 0 Å². The van der Waals surface area contributed by atoms with Crippen molar-refractivity contribution in [3.63, 3.8) is 0 Å². The molecule has 0 atom stereocenters. The summed E-state index contributed by atoms with van der Waals surface area (Å²) < 4.78 is 53.5. The van der Waals surface area contributed by atoms with Crippen molar-refractivity contribution in [3.8, 4) is 0 Å². The first-order chi connectivity index (χ1) is 13.3. The summed E-state index contributed by atoms with van der Waals surface area (Å²) in [4.78, 5) is -0.286. The SMILES string of the molecule is O=S(=O)(CCO)c1ccccc1N=NOS(=O)(=O)c1ccc2ccccc2c1. The van der Waals surface area contributed by atoms with Gasteiger partial charge in [-0.05, 0) is 35.0 Å². The predicted molar refractivity (Wildman–Crippen MR) is 102 cm³/mol. The highest BCUT2D eigenvalue weighted by Gasteiger charge is 2.19. The Labute approximate surface area is 162 Å². The summed E-state index contributed by atoms with van der Waals surface area (Å²) in [6.45, 7) is -0.555. The summed E-state index contributed by atoms with van der Waals surface area (Å²) in [5.74, 6) is -0.490. The zero-order valence-corrected chi connectivity index (χ0v) is 16.1. The van der Waals surface area contributed by atoms with Gasteiger partial charge in [-0.25, -0.2) is 12.7 Å². The number of sulfone groups is 1. The van der Waals surface area contributed by atoms with Crippen LogP contribution in [-0.4, -0.2) is 34.3 Å². The van der Waals surface area contributed by atoms with Crippen LogP contribution in [0.2, 0.25) is 0 Å². The molecule has 10 heteroatoms. The second-order valence-electron chi connectivity index (χ2n) is 5.73. The predicted octanol–water partition coefficient (Wildman–Crippen LogP) is 3.01. The molecule has 146 valence electrons. The van der Waals surface area contributed by atoms with Crippen molar-refractivity contribution < 1.29 is 26.2 Å². The molecule has 0 unspecified atom stereocenters. The molecule has 0 radical (unpaired) electrons. The summed E-state index contributed by atoms with van der Waals surface area (Å²) in [7, 11) is -8.02. The van der Waals surface area contributed by atoms with E-state index in [2.05, 4.69) is 14.7 Å². The normalized spacial score (nSPS) is 12.5. The fraction of sp³-hybridized carbons (Fsp3) is 0.111. The second kappa shape index (κ2) is 8.05. The lowest BCUT2D eigenvalue weighted by atomic mass is 10.1. The van der Waals surface area contributed by atoms with E-state index in [0.29, 0.717) is 5.39 Å². The van der Waals surface area contributed by atoms with Crippen LogP contribution in [0.4, 0.5) is 5.69 Å². The topological polar surface area (TPSA) is 122 Å². The van der Waals surface area contributed by atoms with Crippen molar-refractivity contribution in [3.05, 3.63) is 66.7 Å². The van der Waals surface area contributed by atoms with Crippen LogP contribution in [0.1, 0.15) is 0 Å². The molecule has 0 amide bonds. The quantitative estimate of drug-likeness (QED) is 0.463. The van der Waals surface area contributed by atoms with Crippen LogP contribution in [0, 0.1) is 0 Å². The Hall–Kier alpha value is -2.82. The van der Waals surface area contributed by atoms with Crippen molar-refractivity contribution in [1.29, 1.82) is 0 Å². The Bertz CT molecular complexity index is 1240. The molecule has 0 aliphatic carbocycles. The average Bonchev–Trinajstić information content (AvgIpc) is 2.68. The number of hydrogen-bond acceptors (Lipinski definition) is 8. The number of nitrogens with zero attached hydrogens (tertiary/aromatic N) is 2. The van der Waals surface area contributed by atoms with E-state index in [1.54, 1.807) is 18.2 Å². The van der Waals surface area contributed by atoms with E-state index in [-0.39, 0.29) is 15.5 Å². The largest absolute Gasteiger partial charge is 0.395 e. The number of hydrogen-bond donors (Lipinski definition) is 1. The monoisotopic (exact) mass is 420 g/mol. The van der Waals surface area contributed by atoms with Crippen LogP contribution in [0.15, 0.2) is 86.9 Å². The average molecular weight is 420 g/mol. The van der Waals surface area contributed by atoms with Gasteiger partial charge in [0.2, 0.25) is 0 Å². The summed E-state index contributed by atoms with van der Waals surface area (Å²) in [5.41, 5.74) is -0.0929. The van der Waals surface area contributed by atoms with E-state index in [1.165, 1.54) is 36.4 Å². The Morgan fingerprint density at radius 1 is 0.857 bits per heavy atom. The summed E-state index contributed by atoms with van der Waals surface area (Å²) >= 11 is 0. The van der Waals surface area contributed by atoms with Crippen LogP contribution in [0.3, 0.4) is 0 Å². The Morgan fingerprint density at radius 3 is 2.29 bits per heavy atom. The number of fused-ring (bicyclic) bond motifs is 1. The molecule has 0 saturated carbocycles. The molecule has 8 nitrogen and oxygen atoms in total. The Morgan fingerprint density at radius 2 is 1.54 bits per heavy atom. The first kappa shape index (κ1) is 19.9. The third-order valence-corrected chi connectivity index (χ3v) is 6.68. The zero-order valence-electron chi connectivity index (χ0n) is 14.5. The van der Waals surface area contributed by atoms with Gasteiger partial charge >= 0.3 is 10.1 Å². The van der Waals surface area contributed by atoms with E-state index in [1.807, 2.05) is 12.1 Å². The van der Waals surface area contributed by atoms with Gasteiger partial charge in [-0.2, -0.15) is 8.42 Å². The first-order valence-electron chi connectivity index (χ1n) is 8.10. The third kappa shape index (κ3) is 4.35. The van der Waals surface area contributed by atoms with Crippen molar-refractivity contribution in [2.24, 2.45) is 10.4 Å². The molecule has 0 bridgehead atoms. The fourth-order valence-corrected chi connectivity index (χ4v) is 4.39. The third-order valence-electron chi connectivity index (χ3n) is 3.85. The van der Waals surface area contributed by atoms with Crippen LogP contribution >= 0.6 is 0 Å². The molecule has 0 aliphatic rings. The molecule has 1 N–H and O–H groups in total. The summed E-state index contributed by atoms with van der Waals surface area (Å²) in [6, 6.07) is 17.3. The first-order valence-corrected chi connectivity index (χ1v) is 11.2. The van der Waals surface area contributed by atoms with E-state index in [0.717, 1.165) is 5.39 Å². The number of benzene rings is 3. The zero-order chi connectivity index (χ0) is 20.2. The number of aliphatic hydroxyl groups excluding tert-OH is 1. The van der Waals surface area contributed by atoms with Gasteiger partial charge < -0.3 is 5.11 Å². The molecule has 28 heavy (non-hydrogen) atoms. The molecule has 3 rings (SSSR count).